The smallest absolute Gasteiger partial charge is 0.254 e. The van der Waals surface area contributed by atoms with Gasteiger partial charge in [0.2, 0.25) is 5.91 Å². The second kappa shape index (κ2) is 7.48. The molecule has 3 aliphatic rings. The molecule has 3 fully saturated rings. The van der Waals surface area contributed by atoms with Gasteiger partial charge in [-0.1, -0.05) is 13.3 Å². The first-order valence-electron chi connectivity index (χ1n) is 9.20. The molecule has 0 aliphatic carbocycles. The van der Waals surface area contributed by atoms with Crippen LogP contribution in [0.4, 0.5) is 0 Å². The number of aromatic nitrogens is 1. The summed E-state index contributed by atoms with van der Waals surface area (Å²) in [6.45, 7) is 3.88. The van der Waals surface area contributed by atoms with Crippen LogP contribution in [0.2, 0.25) is 0 Å². The fraction of sp³-hybridized carbons (Fsp3) is 0.526. The van der Waals surface area contributed by atoms with Crippen molar-refractivity contribution in [3.05, 3.63) is 38.5 Å². The van der Waals surface area contributed by atoms with E-state index in [1.165, 1.54) is 4.88 Å². The average molecular weight is 390 g/mol. The first-order valence-corrected chi connectivity index (χ1v) is 11.0. The molecule has 0 saturated carbocycles. The van der Waals surface area contributed by atoms with Crippen LogP contribution in [-0.2, 0) is 17.8 Å². The van der Waals surface area contributed by atoms with E-state index in [0.29, 0.717) is 19.6 Å². The molecule has 0 spiro atoms. The molecular formula is C19H23N3O2S2. The number of carbonyl (C=O) groups is 2. The minimum Gasteiger partial charge on any atom is -0.336 e. The summed E-state index contributed by atoms with van der Waals surface area (Å²) >= 11 is 3.21. The van der Waals surface area contributed by atoms with Gasteiger partial charge in [0.05, 0.1) is 29.2 Å². The third kappa shape index (κ3) is 3.42. The molecule has 5 heterocycles. The van der Waals surface area contributed by atoms with Gasteiger partial charge in [0.25, 0.3) is 5.91 Å². The minimum atomic E-state index is -0.0786. The van der Waals surface area contributed by atoms with Gasteiger partial charge in [0.1, 0.15) is 0 Å². The Morgan fingerprint density at radius 3 is 2.96 bits per heavy atom. The van der Waals surface area contributed by atoms with Crippen LogP contribution in [-0.4, -0.2) is 45.7 Å². The van der Waals surface area contributed by atoms with Crippen LogP contribution < -0.4 is 0 Å². The molecule has 0 unspecified atom stereocenters. The van der Waals surface area contributed by atoms with E-state index in [0.717, 1.165) is 36.9 Å². The lowest BCUT2D eigenvalue weighted by molar-refractivity contribution is -0.140. The lowest BCUT2D eigenvalue weighted by Gasteiger charge is -2.35. The van der Waals surface area contributed by atoms with Crippen LogP contribution in [0.1, 0.15) is 47.1 Å². The van der Waals surface area contributed by atoms with Gasteiger partial charge in [0, 0.05) is 34.8 Å². The molecule has 7 heteroatoms. The molecule has 2 amide bonds. The van der Waals surface area contributed by atoms with Crippen LogP contribution in [0.3, 0.4) is 0 Å². The van der Waals surface area contributed by atoms with E-state index in [2.05, 4.69) is 11.9 Å². The molecule has 0 radical (unpaired) electrons. The molecule has 0 aromatic carbocycles. The van der Waals surface area contributed by atoms with Crippen LogP contribution in [0.5, 0.6) is 0 Å². The Morgan fingerprint density at radius 1 is 1.31 bits per heavy atom. The van der Waals surface area contributed by atoms with Crippen molar-refractivity contribution in [3.63, 3.8) is 0 Å². The highest BCUT2D eigenvalue weighted by atomic mass is 32.1. The predicted octanol–water partition coefficient (Wildman–Crippen LogP) is 3.42. The summed E-state index contributed by atoms with van der Waals surface area (Å²) in [5, 5.41) is 3.96. The average Bonchev–Trinajstić information content (AvgIpc) is 3.24. The maximum atomic E-state index is 13.0. The van der Waals surface area contributed by atoms with E-state index in [1.807, 2.05) is 26.6 Å². The lowest BCUT2D eigenvalue weighted by Crippen LogP contribution is -2.47. The van der Waals surface area contributed by atoms with E-state index in [4.69, 9.17) is 0 Å². The number of piperidine rings is 1. The molecule has 3 aliphatic heterocycles. The first-order chi connectivity index (χ1) is 12.7. The maximum absolute atomic E-state index is 13.0. The van der Waals surface area contributed by atoms with Crippen molar-refractivity contribution in [2.75, 3.05) is 13.1 Å². The lowest BCUT2D eigenvalue weighted by atomic mass is 9.94. The van der Waals surface area contributed by atoms with Gasteiger partial charge in [-0.15, -0.1) is 22.7 Å². The normalized spacial score (nSPS) is 22.7. The monoisotopic (exact) mass is 389 g/mol. The maximum Gasteiger partial charge on any atom is 0.254 e. The Hall–Kier alpha value is -1.73. The van der Waals surface area contributed by atoms with Gasteiger partial charge in [-0.05, 0) is 25.3 Å². The Kier molecular flexibility index (Phi) is 5.09. The van der Waals surface area contributed by atoms with E-state index in [1.54, 1.807) is 28.2 Å². The Labute approximate surface area is 161 Å². The van der Waals surface area contributed by atoms with Gasteiger partial charge in [0.15, 0.2) is 0 Å². The third-order valence-corrected chi connectivity index (χ3v) is 6.93. The number of carbonyl (C=O) groups excluding carboxylic acids is 2. The molecule has 5 nitrogen and oxygen atoms in total. The SMILES string of the molecule is CCCc1cc(C(=O)N2C[C@@H]3CC[C@H](C2)N(Cc2cscn2)C3=O)cs1. The molecule has 2 aromatic rings. The number of aryl methyl sites for hydroxylation is 1. The third-order valence-electron chi connectivity index (χ3n) is 5.29. The van der Waals surface area contributed by atoms with Crippen LogP contribution in [0, 0.1) is 5.92 Å². The highest BCUT2D eigenvalue weighted by Gasteiger charge is 2.42. The van der Waals surface area contributed by atoms with Gasteiger partial charge in [-0.2, -0.15) is 0 Å². The summed E-state index contributed by atoms with van der Waals surface area (Å²) in [5.74, 6) is 0.176. The predicted molar refractivity (Wildman–Crippen MR) is 103 cm³/mol. The van der Waals surface area contributed by atoms with Gasteiger partial charge < -0.3 is 9.80 Å². The van der Waals surface area contributed by atoms with Crippen LogP contribution in [0.15, 0.2) is 22.3 Å². The molecule has 138 valence electrons. The van der Waals surface area contributed by atoms with Crippen molar-refractivity contribution in [1.29, 1.82) is 0 Å². The molecule has 2 atom stereocenters. The number of fused-ring (bicyclic) bond motifs is 4. The summed E-state index contributed by atoms with van der Waals surface area (Å²) in [7, 11) is 0. The number of thiazole rings is 1. The Morgan fingerprint density at radius 2 is 2.19 bits per heavy atom. The molecule has 2 aromatic heterocycles. The fourth-order valence-electron chi connectivity index (χ4n) is 3.96. The van der Waals surface area contributed by atoms with Gasteiger partial charge >= 0.3 is 0 Å². The zero-order valence-electron chi connectivity index (χ0n) is 14.9. The molecule has 2 bridgehead atoms. The van der Waals surface area contributed by atoms with E-state index in [9.17, 15) is 9.59 Å². The van der Waals surface area contributed by atoms with Gasteiger partial charge in [-0.3, -0.25) is 9.59 Å². The summed E-state index contributed by atoms with van der Waals surface area (Å²) in [5.41, 5.74) is 3.52. The molecular weight excluding hydrogens is 366 g/mol. The Bertz CT molecular complexity index is 787. The summed E-state index contributed by atoms with van der Waals surface area (Å²) in [6.07, 6.45) is 3.95. The van der Waals surface area contributed by atoms with Crippen molar-refractivity contribution < 1.29 is 9.59 Å². The van der Waals surface area contributed by atoms with Crippen molar-refractivity contribution in [2.24, 2.45) is 5.92 Å². The van der Waals surface area contributed by atoms with E-state index >= 15 is 0 Å². The number of hydrogen-bond acceptors (Lipinski definition) is 5. The molecule has 26 heavy (non-hydrogen) atoms. The topological polar surface area (TPSA) is 53.5 Å². The second-order valence-electron chi connectivity index (χ2n) is 7.14. The zero-order chi connectivity index (χ0) is 18.1. The van der Waals surface area contributed by atoms with Crippen molar-refractivity contribution in [1.82, 2.24) is 14.8 Å². The van der Waals surface area contributed by atoms with Crippen LogP contribution >= 0.6 is 22.7 Å². The molecule has 0 N–H and O–H groups in total. The van der Waals surface area contributed by atoms with Crippen LogP contribution in [0.25, 0.3) is 0 Å². The summed E-state index contributed by atoms with van der Waals surface area (Å²) < 4.78 is 0. The number of thiophene rings is 1. The van der Waals surface area contributed by atoms with E-state index in [-0.39, 0.29) is 23.8 Å². The largest absolute Gasteiger partial charge is 0.336 e. The Balaban J connectivity index is 1.51. The minimum absolute atomic E-state index is 0.0730. The first kappa shape index (κ1) is 17.7. The van der Waals surface area contributed by atoms with Crippen molar-refractivity contribution >= 4 is 34.5 Å². The highest BCUT2D eigenvalue weighted by Crippen LogP contribution is 2.31. The number of hydrogen-bond donors (Lipinski definition) is 0. The van der Waals surface area contributed by atoms with Crippen molar-refractivity contribution in [3.8, 4) is 0 Å². The number of rotatable bonds is 5. The van der Waals surface area contributed by atoms with Crippen molar-refractivity contribution in [2.45, 2.75) is 45.2 Å². The standard InChI is InChI=1S/C19H23N3O2S2/c1-2-3-17-6-14(10-26-17)18(23)21-7-13-4-5-16(9-21)22(19(13)24)8-15-11-25-12-20-15/h6,10-13,16H,2-5,7-9H2,1H3/t13-,16+/m0/s1. The number of nitrogens with zero attached hydrogens (tertiary/aromatic N) is 3. The quantitative estimate of drug-likeness (QED) is 0.787. The fourth-order valence-corrected chi connectivity index (χ4v) is 5.47. The molecule has 3 saturated heterocycles. The highest BCUT2D eigenvalue weighted by molar-refractivity contribution is 7.10. The van der Waals surface area contributed by atoms with E-state index < -0.39 is 0 Å². The second-order valence-corrected chi connectivity index (χ2v) is 8.85. The summed E-state index contributed by atoms with van der Waals surface area (Å²) in [4.78, 5) is 35.3. The zero-order valence-corrected chi connectivity index (χ0v) is 16.5. The molecule has 5 rings (SSSR count). The summed E-state index contributed by atoms with van der Waals surface area (Å²) in [6, 6.07) is 2.12. The number of amides is 2. The van der Waals surface area contributed by atoms with Gasteiger partial charge in [-0.25, -0.2) is 4.98 Å².